The number of hydrogen-bond acceptors (Lipinski definition) is 5. The van der Waals surface area contributed by atoms with Gasteiger partial charge in [0.25, 0.3) is 0 Å². The molecule has 3 rings (SSSR count). The number of guanidine groups is 1. The van der Waals surface area contributed by atoms with Gasteiger partial charge in [0.15, 0.2) is 5.96 Å². The zero-order valence-electron chi connectivity index (χ0n) is 17.1. The van der Waals surface area contributed by atoms with Crippen molar-refractivity contribution in [3.05, 3.63) is 48.6 Å². The number of unbranched alkanes of at least 4 members (excludes halogenated alkanes) is 1. The summed E-state index contributed by atoms with van der Waals surface area (Å²) in [5.41, 5.74) is 0. The molecule has 1 atom stereocenters. The molecule has 0 amide bonds. The van der Waals surface area contributed by atoms with E-state index in [1.807, 2.05) is 31.3 Å². The van der Waals surface area contributed by atoms with Crippen LogP contribution >= 0.6 is 24.0 Å². The molecule has 0 aromatic carbocycles. The normalized spacial score (nSPS) is 15.6. The number of furan rings is 1. The van der Waals surface area contributed by atoms with Gasteiger partial charge in [-0.15, -0.1) is 24.0 Å². The van der Waals surface area contributed by atoms with Gasteiger partial charge in [0.05, 0.1) is 12.3 Å². The molecule has 0 saturated carbocycles. The average Bonchev–Trinajstić information content (AvgIpc) is 3.45. The van der Waals surface area contributed by atoms with Crippen molar-refractivity contribution in [2.75, 3.05) is 45.1 Å². The van der Waals surface area contributed by atoms with Crippen molar-refractivity contribution in [3.63, 3.8) is 0 Å². The van der Waals surface area contributed by atoms with Crippen LogP contribution in [0.5, 0.6) is 0 Å². The van der Waals surface area contributed by atoms with E-state index in [2.05, 4.69) is 36.9 Å². The van der Waals surface area contributed by atoms with Crippen LogP contribution in [-0.4, -0.2) is 55.6 Å². The van der Waals surface area contributed by atoms with Crippen LogP contribution in [0.3, 0.4) is 0 Å². The third kappa shape index (κ3) is 7.85. The van der Waals surface area contributed by atoms with E-state index in [0.29, 0.717) is 0 Å². The minimum absolute atomic E-state index is 0. The molecule has 7 nitrogen and oxygen atoms in total. The number of aromatic nitrogens is 1. The van der Waals surface area contributed by atoms with Gasteiger partial charge < -0.3 is 20.4 Å². The van der Waals surface area contributed by atoms with E-state index in [9.17, 15) is 0 Å². The highest BCUT2D eigenvalue weighted by Gasteiger charge is 2.25. The molecule has 3 N–H and O–H groups in total. The highest BCUT2D eigenvalue weighted by Crippen LogP contribution is 2.24. The molecule has 0 bridgehead atoms. The third-order valence-corrected chi connectivity index (χ3v) is 5.01. The molecule has 0 aliphatic carbocycles. The second kappa shape index (κ2) is 13.4. The number of rotatable bonds is 10. The van der Waals surface area contributed by atoms with Crippen molar-refractivity contribution in [2.45, 2.75) is 31.7 Å². The molecular formula is C21H33IN6O. The van der Waals surface area contributed by atoms with E-state index in [1.165, 1.54) is 12.8 Å². The standard InChI is InChI=1S/C21H32N6O.HI/c1-22-21(25-13-5-4-12-24-20-10-2-3-11-23-20)26-17-18(19-9-8-16-28-19)27-14-6-7-15-27;/h2-3,8-11,16,18H,4-7,12-15,17H2,1H3,(H,23,24)(H2,22,25,26);1H. The summed E-state index contributed by atoms with van der Waals surface area (Å²) >= 11 is 0. The predicted octanol–water partition coefficient (Wildman–Crippen LogP) is 3.49. The van der Waals surface area contributed by atoms with Crippen molar-refractivity contribution in [2.24, 2.45) is 4.99 Å². The third-order valence-electron chi connectivity index (χ3n) is 5.01. The maximum Gasteiger partial charge on any atom is 0.191 e. The first kappa shape index (κ1) is 23.5. The van der Waals surface area contributed by atoms with Crippen LogP contribution in [0.25, 0.3) is 0 Å². The molecule has 3 heterocycles. The Kier molecular flexibility index (Phi) is 10.9. The number of anilines is 1. The Hall–Kier alpha value is -1.81. The molecular weight excluding hydrogens is 479 g/mol. The molecule has 2 aromatic heterocycles. The van der Waals surface area contributed by atoms with Gasteiger partial charge in [0.2, 0.25) is 0 Å². The van der Waals surface area contributed by atoms with Gasteiger partial charge in [-0.3, -0.25) is 9.89 Å². The molecule has 0 spiro atoms. The van der Waals surface area contributed by atoms with E-state index < -0.39 is 0 Å². The number of halogens is 1. The topological polar surface area (TPSA) is 77.7 Å². The molecule has 1 fully saturated rings. The highest BCUT2D eigenvalue weighted by molar-refractivity contribution is 14.0. The minimum atomic E-state index is 0. The lowest BCUT2D eigenvalue weighted by Crippen LogP contribution is -2.42. The first-order valence-electron chi connectivity index (χ1n) is 10.2. The van der Waals surface area contributed by atoms with Gasteiger partial charge in [-0.25, -0.2) is 4.98 Å². The van der Waals surface area contributed by atoms with E-state index in [1.54, 1.807) is 12.5 Å². The molecule has 2 aromatic rings. The number of hydrogen-bond donors (Lipinski definition) is 3. The quantitative estimate of drug-likeness (QED) is 0.196. The van der Waals surface area contributed by atoms with Crippen molar-refractivity contribution in [1.82, 2.24) is 20.5 Å². The summed E-state index contributed by atoms with van der Waals surface area (Å²) in [4.78, 5) is 11.1. The van der Waals surface area contributed by atoms with Crippen molar-refractivity contribution in [3.8, 4) is 0 Å². The van der Waals surface area contributed by atoms with Crippen molar-refractivity contribution in [1.29, 1.82) is 0 Å². The molecule has 1 aliphatic heterocycles. The molecule has 1 aliphatic rings. The van der Waals surface area contributed by atoms with Gasteiger partial charge in [-0.1, -0.05) is 6.07 Å². The SMILES string of the molecule is CN=C(NCCCCNc1ccccn1)NCC(c1ccco1)N1CCCC1.I. The van der Waals surface area contributed by atoms with Gasteiger partial charge in [-0.05, 0) is 63.0 Å². The Labute approximate surface area is 190 Å². The first-order chi connectivity index (χ1) is 13.9. The van der Waals surface area contributed by atoms with Crippen LogP contribution in [0.4, 0.5) is 5.82 Å². The van der Waals surface area contributed by atoms with Crippen molar-refractivity contribution < 1.29 is 4.42 Å². The maximum atomic E-state index is 5.68. The van der Waals surface area contributed by atoms with Gasteiger partial charge in [0.1, 0.15) is 11.6 Å². The lowest BCUT2D eigenvalue weighted by atomic mass is 10.2. The summed E-state index contributed by atoms with van der Waals surface area (Å²) in [7, 11) is 1.82. The summed E-state index contributed by atoms with van der Waals surface area (Å²) in [6, 6.07) is 10.2. The number of pyridine rings is 1. The minimum Gasteiger partial charge on any atom is -0.468 e. The predicted molar refractivity (Wildman–Crippen MR) is 129 cm³/mol. The second-order valence-electron chi connectivity index (χ2n) is 7.00. The van der Waals surface area contributed by atoms with Crippen LogP contribution in [0.1, 0.15) is 37.5 Å². The van der Waals surface area contributed by atoms with E-state index in [0.717, 1.165) is 63.1 Å². The largest absolute Gasteiger partial charge is 0.468 e. The fraction of sp³-hybridized carbons (Fsp3) is 0.524. The van der Waals surface area contributed by atoms with Crippen molar-refractivity contribution >= 4 is 35.8 Å². The lowest BCUT2D eigenvalue weighted by Gasteiger charge is -2.26. The van der Waals surface area contributed by atoms with Crippen LogP contribution in [0, 0.1) is 0 Å². The number of aliphatic imine (C=N–C) groups is 1. The van der Waals surface area contributed by atoms with E-state index in [4.69, 9.17) is 4.42 Å². The number of likely N-dealkylation sites (tertiary alicyclic amines) is 1. The molecule has 1 saturated heterocycles. The van der Waals surface area contributed by atoms with Crippen LogP contribution < -0.4 is 16.0 Å². The zero-order chi connectivity index (χ0) is 19.4. The molecule has 0 radical (unpaired) electrons. The van der Waals surface area contributed by atoms with Crippen LogP contribution in [0.2, 0.25) is 0 Å². The fourth-order valence-electron chi connectivity index (χ4n) is 3.50. The summed E-state index contributed by atoms with van der Waals surface area (Å²) in [6.45, 7) is 4.85. The summed E-state index contributed by atoms with van der Waals surface area (Å²) < 4.78 is 5.68. The number of nitrogens with one attached hydrogen (secondary N) is 3. The lowest BCUT2D eigenvalue weighted by molar-refractivity contribution is 0.215. The Morgan fingerprint density at radius 1 is 1.14 bits per heavy atom. The second-order valence-corrected chi connectivity index (χ2v) is 7.00. The molecule has 160 valence electrons. The Morgan fingerprint density at radius 3 is 2.66 bits per heavy atom. The van der Waals surface area contributed by atoms with E-state index in [-0.39, 0.29) is 30.0 Å². The molecule has 8 heteroatoms. The number of nitrogens with zero attached hydrogens (tertiary/aromatic N) is 3. The Balaban J connectivity index is 0.00000300. The smallest absolute Gasteiger partial charge is 0.191 e. The zero-order valence-corrected chi connectivity index (χ0v) is 19.5. The van der Waals surface area contributed by atoms with Gasteiger partial charge in [-0.2, -0.15) is 0 Å². The van der Waals surface area contributed by atoms with Gasteiger partial charge in [0, 0.05) is 32.9 Å². The summed E-state index contributed by atoms with van der Waals surface area (Å²) in [6.07, 6.45) is 8.22. The monoisotopic (exact) mass is 512 g/mol. The summed E-state index contributed by atoms with van der Waals surface area (Å²) in [5.74, 6) is 2.79. The van der Waals surface area contributed by atoms with Crippen LogP contribution in [-0.2, 0) is 0 Å². The Bertz CT molecular complexity index is 688. The van der Waals surface area contributed by atoms with Gasteiger partial charge >= 0.3 is 0 Å². The molecule has 29 heavy (non-hydrogen) atoms. The maximum absolute atomic E-state index is 5.68. The first-order valence-corrected chi connectivity index (χ1v) is 10.2. The Morgan fingerprint density at radius 2 is 1.97 bits per heavy atom. The average molecular weight is 512 g/mol. The summed E-state index contributed by atoms with van der Waals surface area (Å²) in [5, 5.41) is 10.2. The van der Waals surface area contributed by atoms with Crippen LogP contribution in [0.15, 0.2) is 52.2 Å². The van der Waals surface area contributed by atoms with E-state index >= 15 is 0 Å². The fourth-order valence-corrected chi connectivity index (χ4v) is 3.50. The molecule has 1 unspecified atom stereocenters. The highest BCUT2D eigenvalue weighted by atomic mass is 127.